The largest absolute Gasteiger partial charge is 0.399 e. The third-order valence-corrected chi connectivity index (χ3v) is 9.75. The molecular weight excluding hydrogens is 665 g/mol. The Morgan fingerprint density at radius 3 is 1.53 bits per heavy atom. The summed E-state index contributed by atoms with van der Waals surface area (Å²) in [4.78, 5) is 0. The van der Waals surface area contributed by atoms with Gasteiger partial charge in [-0.2, -0.15) is 0 Å². The molecule has 3 rings (SSSR count). The molecule has 0 spiro atoms. The minimum atomic E-state index is 0.709. The van der Waals surface area contributed by atoms with E-state index >= 15 is 0 Å². The Hall–Kier alpha value is -2.61. The van der Waals surface area contributed by atoms with Gasteiger partial charge in [-0.1, -0.05) is 228 Å². The monoisotopic (exact) mass is 763 g/mol. The van der Waals surface area contributed by atoms with Crippen molar-refractivity contribution < 1.29 is 0 Å². The number of rotatable bonds is 13. The molecule has 1 aliphatic carbocycles. The molecule has 0 heterocycles. The topological polar surface area (TPSA) is 49.9 Å². The van der Waals surface area contributed by atoms with Crippen molar-refractivity contribution in [3.8, 4) is 0 Å². The van der Waals surface area contributed by atoms with E-state index in [-0.39, 0.29) is 0 Å². The molecule has 320 valence electrons. The first-order chi connectivity index (χ1) is 26.2. The van der Waals surface area contributed by atoms with Crippen LogP contribution in [0.5, 0.6) is 0 Å². The lowest BCUT2D eigenvalue weighted by Gasteiger charge is -2.22. The highest BCUT2D eigenvalue weighted by molar-refractivity contribution is 5.75. The summed E-state index contributed by atoms with van der Waals surface area (Å²) in [6.07, 6.45) is 26.6. The van der Waals surface area contributed by atoms with Crippen LogP contribution in [0.25, 0.3) is 0 Å². The van der Waals surface area contributed by atoms with Gasteiger partial charge in [-0.15, -0.1) is 0 Å². The fraction of sp³-hybridized carbons (Fsp3) is 0.679. The molecule has 3 N–H and O–H groups in total. The quantitative estimate of drug-likeness (QED) is 0.119. The molecule has 0 bridgehead atoms. The molecule has 0 aliphatic heterocycles. The van der Waals surface area contributed by atoms with Crippen molar-refractivity contribution in [2.24, 2.45) is 17.8 Å². The Morgan fingerprint density at radius 1 is 0.691 bits per heavy atom. The number of nitrogen functional groups attached to an aromatic ring is 1. The lowest BCUT2D eigenvalue weighted by Crippen LogP contribution is -2.08. The van der Waals surface area contributed by atoms with Gasteiger partial charge >= 0.3 is 0 Å². The molecule has 1 atom stereocenters. The fourth-order valence-corrected chi connectivity index (χ4v) is 5.35. The van der Waals surface area contributed by atoms with Crippen LogP contribution < -0.4 is 5.73 Å². The van der Waals surface area contributed by atoms with E-state index in [1.165, 1.54) is 112 Å². The molecule has 0 aromatic heterocycles. The maximum absolute atomic E-state index is 6.91. The number of hydrogen-bond donors (Lipinski definition) is 2. The van der Waals surface area contributed by atoms with Crippen molar-refractivity contribution >= 4 is 11.9 Å². The molecule has 1 unspecified atom stereocenters. The Morgan fingerprint density at radius 2 is 1.18 bits per heavy atom. The van der Waals surface area contributed by atoms with Gasteiger partial charge in [0.2, 0.25) is 0 Å². The van der Waals surface area contributed by atoms with Crippen molar-refractivity contribution in [1.82, 2.24) is 0 Å². The highest BCUT2D eigenvalue weighted by Crippen LogP contribution is 2.27. The highest BCUT2D eigenvalue weighted by Gasteiger charge is 2.13. The predicted octanol–water partition coefficient (Wildman–Crippen LogP) is 18.2. The predicted molar refractivity (Wildman–Crippen MR) is 258 cm³/mol. The van der Waals surface area contributed by atoms with Crippen molar-refractivity contribution in [2.45, 2.75) is 219 Å². The molecule has 0 amide bonds. The number of allylic oxidation sites excluding steroid dienone is 4. The Kier molecular flexibility index (Phi) is 47.4. The number of aryl methyl sites for hydroxylation is 2. The van der Waals surface area contributed by atoms with Crippen LogP contribution in [-0.4, -0.2) is 6.21 Å². The van der Waals surface area contributed by atoms with E-state index in [0.29, 0.717) is 5.92 Å². The highest BCUT2D eigenvalue weighted by atomic mass is 14.5. The molecule has 2 aromatic carbocycles. The molecule has 2 aromatic rings. The van der Waals surface area contributed by atoms with Crippen LogP contribution in [0.3, 0.4) is 0 Å². The van der Waals surface area contributed by atoms with Gasteiger partial charge in [-0.3, -0.25) is 0 Å². The first-order valence-electron chi connectivity index (χ1n) is 23.0. The minimum Gasteiger partial charge on any atom is -0.399 e. The number of nitrogens with one attached hydrogen (secondary N) is 1. The second-order valence-corrected chi connectivity index (χ2v) is 16.1. The standard InChI is InChI=1S/C12H18.C9H13N.C9H15N.C8H16.C7H16.2C4H10/c1-4-10(3)12-9-7-6-8-11(12)5-2;1-2-3-8-4-6-9(10)7-5-8;1-4-5-8(2)6-9(3)7-10;1-7-3-5-8(2)6-4-7;1-4-5-6-7(2)3;2*1-3-4-2/h6-10H,4-5H2,1-3H3;4-7H,2-3,10H2,1H3;5-7,10H,4H2,1-3H3;7-8H,3-6H2,1-2H3;7H,4-6H2,1-3H3;2*3-4H2,1-2H3/b;;8-5+,9-6-,10-7?;;;;. The molecule has 55 heavy (non-hydrogen) atoms. The molecule has 2 heteroatoms. The normalized spacial score (nSPS) is 15.2. The first kappa shape index (κ1) is 59.1. The first-order valence-corrected chi connectivity index (χ1v) is 23.0. The number of benzene rings is 2. The van der Waals surface area contributed by atoms with Gasteiger partial charge in [0.15, 0.2) is 0 Å². The van der Waals surface area contributed by atoms with E-state index in [4.69, 9.17) is 11.1 Å². The summed E-state index contributed by atoms with van der Waals surface area (Å²) in [6, 6.07) is 16.8. The van der Waals surface area contributed by atoms with Crippen molar-refractivity contribution in [1.29, 1.82) is 5.41 Å². The summed E-state index contributed by atoms with van der Waals surface area (Å²) in [5.41, 5.74) is 13.0. The molecule has 0 radical (unpaired) electrons. The average Bonchev–Trinajstić information content (AvgIpc) is 3.20. The fourth-order valence-electron chi connectivity index (χ4n) is 5.35. The third-order valence-electron chi connectivity index (χ3n) is 9.75. The minimum absolute atomic E-state index is 0.709. The van der Waals surface area contributed by atoms with Gasteiger partial charge in [0.1, 0.15) is 0 Å². The van der Waals surface area contributed by atoms with Gasteiger partial charge in [0.25, 0.3) is 0 Å². The van der Waals surface area contributed by atoms with Gasteiger partial charge in [-0.25, -0.2) is 0 Å². The number of hydrogen-bond acceptors (Lipinski definition) is 2. The third kappa shape index (κ3) is 42.4. The van der Waals surface area contributed by atoms with E-state index in [0.717, 1.165) is 48.3 Å². The molecule has 0 saturated heterocycles. The smallest absolute Gasteiger partial charge is 0.0314 e. The van der Waals surface area contributed by atoms with E-state index < -0.39 is 0 Å². The van der Waals surface area contributed by atoms with E-state index in [9.17, 15) is 0 Å². The zero-order valence-electron chi connectivity index (χ0n) is 40.1. The van der Waals surface area contributed by atoms with E-state index in [1.807, 2.05) is 25.1 Å². The summed E-state index contributed by atoms with van der Waals surface area (Å²) in [7, 11) is 0. The Balaban J connectivity index is -0.000000284. The SMILES string of the molecule is CC/C=C(C)/C=C(/C)C=N.CC1CCC(C)CC1.CCCC.CCCC.CCCCC(C)C.CCCc1ccc(N)cc1.CCc1ccccc1C(C)CC. The van der Waals surface area contributed by atoms with Gasteiger partial charge in [-0.05, 0) is 97.6 Å². The van der Waals surface area contributed by atoms with Crippen LogP contribution in [0.2, 0.25) is 0 Å². The second kappa shape index (κ2) is 44.1. The molecule has 1 fully saturated rings. The van der Waals surface area contributed by atoms with Crippen LogP contribution in [0.1, 0.15) is 223 Å². The lowest BCUT2D eigenvalue weighted by atomic mass is 9.84. The van der Waals surface area contributed by atoms with E-state index in [2.05, 4.69) is 146 Å². The summed E-state index contributed by atoms with van der Waals surface area (Å²) >= 11 is 0. The lowest BCUT2D eigenvalue weighted by molar-refractivity contribution is 0.308. The molecule has 2 nitrogen and oxygen atoms in total. The molecular formula is C53H98N2. The van der Waals surface area contributed by atoms with Crippen LogP contribution in [0.15, 0.2) is 71.8 Å². The Bertz CT molecular complexity index is 1100. The number of anilines is 1. The van der Waals surface area contributed by atoms with Gasteiger partial charge in [0, 0.05) is 11.9 Å². The maximum Gasteiger partial charge on any atom is 0.0314 e. The van der Waals surface area contributed by atoms with E-state index in [1.54, 1.807) is 0 Å². The van der Waals surface area contributed by atoms with Crippen LogP contribution in [0, 0.1) is 23.2 Å². The summed E-state index contributed by atoms with van der Waals surface area (Å²) in [5.74, 6) is 3.65. The summed E-state index contributed by atoms with van der Waals surface area (Å²) in [6.45, 7) is 35.3. The van der Waals surface area contributed by atoms with Crippen LogP contribution >= 0.6 is 0 Å². The van der Waals surface area contributed by atoms with Crippen molar-refractivity contribution in [2.75, 3.05) is 5.73 Å². The van der Waals surface area contributed by atoms with Crippen LogP contribution in [0.4, 0.5) is 5.69 Å². The van der Waals surface area contributed by atoms with Gasteiger partial charge < -0.3 is 11.1 Å². The van der Waals surface area contributed by atoms with Crippen LogP contribution in [-0.2, 0) is 12.8 Å². The van der Waals surface area contributed by atoms with Crippen molar-refractivity contribution in [3.63, 3.8) is 0 Å². The van der Waals surface area contributed by atoms with Crippen molar-refractivity contribution in [3.05, 3.63) is 88.5 Å². The maximum atomic E-state index is 6.91. The number of nitrogens with two attached hydrogens (primary N) is 1. The average molecular weight is 763 g/mol. The summed E-state index contributed by atoms with van der Waals surface area (Å²) < 4.78 is 0. The summed E-state index contributed by atoms with van der Waals surface area (Å²) in [5, 5.41) is 6.91. The zero-order valence-corrected chi connectivity index (χ0v) is 40.1. The molecule has 1 aliphatic rings. The second-order valence-electron chi connectivity index (χ2n) is 16.1. The zero-order chi connectivity index (χ0) is 42.9. The Labute approximate surface area is 347 Å². The molecule has 1 saturated carbocycles. The number of unbranched alkanes of at least 4 members (excludes halogenated alkanes) is 3. The van der Waals surface area contributed by atoms with Gasteiger partial charge in [0.05, 0.1) is 0 Å².